The first kappa shape index (κ1) is 16.0. The molecular weight excluding hydrogens is 284 g/mol. The molecule has 1 amide bonds. The summed E-state index contributed by atoms with van der Waals surface area (Å²) in [5, 5.41) is 12.1. The fourth-order valence-corrected chi connectivity index (χ4v) is 1.99. The Hall–Kier alpha value is -2.34. The molecule has 0 bridgehead atoms. The maximum atomic E-state index is 11.9. The van der Waals surface area contributed by atoms with Crippen LogP contribution in [0.3, 0.4) is 0 Å². The van der Waals surface area contributed by atoms with Gasteiger partial charge in [-0.2, -0.15) is 0 Å². The maximum absolute atomic E-state index is 11.9. The predicted molar refractivity (Wildman–Crippen MR) is 81.8 cm³/mol. The lowest BCUT2D eigenvalue weighted by molar-refractivity contribution is 0.0912. The average molecular weight is 304 g/mol. The molecule has 0 saturated heterocycles. The summed E-state index contributed by atoms with van der Waals surface area (Å²) < 4.78 is 6.95. The number of aromatic nitrogens is 1. The predicted octanol–water partition coefficient (Wildman–Crippen LogP) is 1.38. The first-order chi connectivity index (χ1) is 10.6. The van der Waals surface area contributed by atoms with E-state index in [4.69, 9.17) is 4.42 Å². The van der Waals surface area contributed by atoms with E-state index in [0.29, 0.717) is 25.1 Å². The summed E-state index contributed by atoms with van der Waals surface area (Å²) in [5.74, 6) is 0.409. The Morgan fingerprint density at radius 2 is 2.18 bits per heavy atom. The van der Waals surface area contributed by atoms with Gasteiger partial charge in [0.1, 0.15) is 5.76 Å². The topological polar surface area (TPSA) is 84.5 Å². The highest BCUT2D eigenvalue weighted by atomic mass is 16.4. The van der Waals surface area contributed by atoms with Crippen molar-refractivity contribution >= 4 is 5.91 Å². The fourth-order valence-electron chi connectivity index (χ4n) is 1.99. The van der Waals surface area contributed by atoms with Crippen molar-refractivity contribution < 1.29 is 14.3 Å². The van der Waals surface area contributed by atoms with Gasteiger partial charge >= 0.3 is 0 Å². The summed E-state index contributed by atoms with van der Waals surface area (Å²) in [6.07, 6.45) is 2.43. The highest BCUT2D eigenvalue weighted by Gasteiger charge is 2.12. The van der Waals surface area contributed by atoms with E-state index in [9.17, 15) is 14.7 Å². The van der Waals surface area contributed by atoms with Gasteiger partial charge in [-0.05, 0) is 31.0 Å². The fraction of sp³-hybridized carbons (Fsp3) is 0.375. The van der Waals surface area contributed by atoms with Crippen molar-refractivity contribution in [2.24, 2.45) is 0 Å². The molecule has 0 aliphatic rings. The summed E-state index contributed by atoms with van der Waals surface area (Å²) in [7, 11) is 0. The van der Waals surface area contributed by atoms with E-state index in [1.807, 2.05) is 6.92 Å². The van der Waals surface area contributed by atoms with E-state index in [0.717, 1.165) is 0 Å². The van der Waals surface area contributed by atoms with E-state index in [-0.39, 0.29) is 23.8 Å². The summed E-state index contributed by atoms with van der Waals surface area (Å²) >= 11 is 0. The normalized spacial score (nSPS) is 12.1. The molecule has 0 aliphatic heterocycles. The van der Waals surface area contributed by atoms with Gasteiger partial charge in [0.25, 0.3) is 11.5 Å². The number of nitrogens with zero attached hydrogens (tertiary/aromatic N) is 1. The minimum atomic E-state index is -0.405. The number of hydrogen-bond donors (Lipinski definition) is 2. The second kappa shape index (κ2) is 7.61. The lowest BCUT2D eigenvalue weighted by Crippen LogP contribution is -2.26. The van der Waals surface area contributed by atoms with Gasteiger partial charge in [0, 0.05) is 18.8 Å². The molecule has 1 atom stereocenters. The minimum Gasteiger partial charge on any atom is -0.454 e. The third-order valence-corrected chi connectivity index (χ3v) is 3.34. The number of carbonyl (C=O) groups excluding carboxylic acids is 1. The van der Waals surface area contributed by atoms with Crippen LogP contribution in [0.5, 0.6) is 0 Å². The molecule has 2 aromatic rings. The summed E-state index contributed by atoms with van der Waals surface area (Å²) in [5.41, 5.74) is -0.126. The van der Waals surface area contributed by atoms with Crippen LogP contribution < -0.4 is 10.9 Å². The van der Waals surface area contributed by atoms with Gasteiger partial charge in [-0.3, -0.25) is 9.59 Å². The molecule has 2 aromatic heterocycles. The second-order valence-corrected chi connectivity index (χ2v) is 5.04. The molecule has 0 saturated carbocycles. The minimum absolute atomic E-state index is 0.126. The van der Waals surface area contributed by atoms with E-state index in [2.05, 4.69) is 5.32 Å². The van der Waals surface area contributed by atoms with Crippen LogP contribution in [0, 0.1) is 0 Å². The molecular formula is C16H20N2O4. The smallest absolute Gasteiger partial charge is 0.286 e. The van der Waals surface area contributed by atoms with Crippen LogP contribution >= 0.6 is 0 Å². The van der Waals surface area contributed by atoms with Crippen molar-refractivity contribution in [3.63, 3.8) is 0 Å². The number of hydrogen-bond acceptors (Lipinski definition) is 4. The van der Waals surface area contributed by atoms with Gasteiger partial charge in [-0.1, -0.05) is 13.0 Å². The van der Waals surface area contributed by atoms with E-state index in [1.54, 1.807) is 30.5 Å². The SMILES string of the molecule is CCC(O)CCNC(=O)c1ccc(Cn2ccccc2=O)o1. The molecule has 6 heteroatoms. The van der Waals surface area contributed by atoms with Crippen LogP contribution in [0.15, 0.2) is 45.7 Å². The highest BCUT2D eigenvalue weighted by molar-refractivity contribution is 5.91. The highest BCUT2D eigenvalue weighted by Crippen LogP contribution is 2.09. The molecule has 0 fully saturated rings. The summed E-state index contributed by atoms with van der Waals surface area (Å²) in [6, 6.07) is 8.15. The van der Waals surface area contributed by atoms with Crippen molar-refractivity contribution in [3.05, 3.63) is 58.4 Å². The Kier molecular flexibility index (Phi) is 5.55. The van der Waals surface area contributed by atoms with Gasteiger partial charge in [-0.15, -0.1) is 0 Å². The molecule has 2 N–H and O–H groups in total. The second-order valence-electron chi connectivity index (χ2n) is 5.04. The van der Waals surface area contributed by atoms with Crippen LogP contribution in [0.25, 0.3) is 0 Å². The quantitative estimate of drug-likeness (QED) is 0.809. The largest absolute Gasteiger partial charge is 0.454 e. The van der Waals surface area contributed by atoms with Crippen LogP contribution in [0.1, 0.15) is 36.1 Å². The van der Waals surface area contributed by atoms with Crippen LogP contribution in [-0.2, 0) is 6.54 Å². The Morgan fingerprint density at radius 3 is 2.91 bits per heavy atom. The van der Waals surface area contributed by atoms with Crippen molar-refractivity contribution in [1.82, 2.24) is 9.88 Å². The van der Waals surface area contributed by atoms with Crippen molar-refractivity contribution in [3.8, 4) is 0 Å². The third-order valence-electron chi connectivity index (χ3n) is 3.34. The molecule has 6 nitrogen and oxygen atoms in total. The molecule has 0 aliphatic carbocycles. The van der Waals surface area contributed by atoms with Crippen molar-refractivity contribution in [2.45, 2.75) is 32.4 Å². The number of aliphatic hydroxyl groups excluding tert-OH is 1. The number of amides is 1. The number of nitrogens with one attached hydrogen (secondary N) is 1. The Bertz CT molecular complexity index is 675. The zero-order valence-corrected chi connectivity index (χ0v) is 12.5. The van der Waals surface area contributed by atoms with Crippen LogP contribution in [-0.4, -0.2) is 28.2 Å². The van der Waals surface area contributed by atoms with Gasteiger partial charge in [0.2, 0.25) is 0 Å². The van der Waals surface area contributed by atoms with Crippen LogP contribution in [0.4, 0.5) is 0 Å². The Balaban J connectivity index is 1.92. The molecule has 1 unspecified atom stereocenters. The van der Waals surface area contributed by atoms with Crippen molar-refractivity contribution in [1.29, 1.82) is 0 Å². The number of aliphatic hydroxyl groups is 1. The number of rotatable bonds is 7. The van der Waals surface area contributed by atoms with Gasteiger partial charge in [0.05, 0.1) is 12.6 Å². The van der Waals surface area contributed by atoms with Gasteiger partial charge < -0.3 is 19.4 Å². The number of furan rings is 1. The number of carbonyl (C=O) groups is 1. The Morgan fingerprint density at radius 1 is 1.36 bits per heavy atom. The lowest BCUT2D eigenvalue weighted by Gasteiger charge is -2.07. The van der Waals surface area contributed by atoms with Crippen LogP contribution in [0.2, 0.25) is 0 Å². The van der Waals surface area contributed by atoms with E-state index in [1.165, 1.54) is 10.6 Å². The lowest BCUT2D eigenvalue weighted by atomic mass is 10.2. The molecule has 2 heterocycles. The molecule has 118 valence electrons. The van der Waals surface area contributed by atoms with Gasteiger partial charge in [0.15, 0.2) is 5.76 Å². The van der Waals surface area contributed by atoms with E-state index >= 15 is 0 Å². The monoisotopic (exact) mass is 304 g/mol. The van der Waals surface area contributed by atoms with Crippen molar-refractivity contribution in [2.75, 3.05) is 6.54 Å². The maximum Gasteiger partial charge on any atom is 0.286 e. The zero-order valence-electron chi connectivity index (χ0n) is 12.5. The molecule has 0 spiro atoms. The molecule has 0 radical (unpaired) electrons. The average Bonchev–Trinajstić information content (AvgIpc) is 2.98. The van der Waals surface area contributed by atoms with Gasteiger partial charge in [-0.25, -0.2) is 0 Å². The summed E-state index contributed by atoms with van der Waals surface area (Å²) in [4.78, 5) is 23.5. The molecule has 0 aromatic carbocycles. The molecule has 22 heavy (non-hydrogen) atoms. The van der Waals surface area contributed by atoms with E-state index < -0.39 is 6.10 Å². The Labute approximate surface area is 128 Å². The summed E-state index contributed by atoms with van der Waals surface area (Å²) in [6.45, 7) is 2.56. The third kappa shape index (κ3) is 4.33. The zero-order chi connectivity index (χ0) is 15.9. The standard InChI is InChI=1S/C16H20N2O4/c1-2-12(19)8-9-17-16(21)14-7-6-13(22-14)11-18-10-4-3-5-15(18)20/h3-7,10,12,19H,2,8-9,11H2,1H3,(H,17,21). The first-order valence-corrected chi connectivity index (χ1v) is 7.30. The molecule has 2 rings (SSSR count). The first-order valence-electron chi connectivity index (χ1n) is 7.30. The number of pyridine rings is 1.